The number of carbonyl (C=O) groups is 5. The number of hydrogen-bond donors (Lipinski definition) is 4. The first-order chi connectivity index (χ1) is 20.7. The normalized spacial score (nSPS) is 17.0. The van der Waals surface area contributed by atoms with E-state index < -0.39 is 23.9 Å². The molecule has 4 N–H and O–H groups in total. The molecule has 0 aliphatic carbocycles. The van der Waals surface area contributed by atoms with Crippen LogP contribution in [0.4, 0.5) is 21.9 Å². The predicted octanol–water partition coefficient (Wildman–Crippen LogP) is 3.45. The number of nitrogens with zero attached hydrogens (tertiary/aromatic N) is 2. The average Bonchev–Trinajstić information content (AvgIpc) is 3.12. The molecular weight excluding hydrogens is 550 g/mol. The summed E-state index contributed by atoms with van der Waals surface area (Å²) in [6, 6.07) is 17.8. The number of ketones is 1. The van der Waals surface area contributed by atoms with E-state index in [1.165, 1.54) is 34.1 Å². The summed E-state index contributed by atoms with van der Waals surface area (Å²) in [5.41, 5.74) is 2.32. The monoisotopic (exact) mass is 583 g/mol. The Morgan fingerprint density at radius 1 is 0.930 bits per heavy atom. The van der Waals surface area contributed by atoms with E-state index in [0.29, 0.717) is 42.9 Å². The first-order valence-electron chi connectivity index (χ1n) is 14.1. The Kier molecular flexibility index (Phi) is 8.82. The lowest BCUT2D eigenvalue weighted by Gasteiger charge is -2.30. The first kappa shape index (κ1) is 29.5. The van der Waals surface area contributed by atoms with Crippen LogP contribution in [0.1, 0.15) is 39.1 Å². The van der Waals surface area contributed by atoms with Crippen molar-refractivity contribution in [3.8, 4) is 0 Å². The Morgan fingerprint density at radius 3 is 2.35 bits per heavy atom. The van der Waals surface area contributed by atoms with Gasteiger partial charge < -0.3 is 30.9 Å². The second kappa shape index (κ2) is 12.9. The van der Waals surface area contributed by atoms with Crippen LogP contribution < -0.4 is 25.8 Å². The highest BCUT2D eigenvalue weighted by atomic mass is 16.4. The number of carboxylic acid groups (broad SMARTS) is 1. The number of carbonyl (C=O) groups excluding carboxylic acids is 4. The number of rotatable bonds is 7. The highest BCUT2D eigenvalue weighted by Gasteiger charge is 2.39. The first-order valence-corrected chi connectivity index (χ1v) is 14.1. The minimum Gasteiger partial charge on any atom is -0.478 e. The zero-order chi connectivity index (χ0) is 30.5. The van der Waals surface area contributed by atoms with Crippen molar-refractivity contribution >= 4 is 46.7 Å². The van der Waals surface area contributed by atoms with Gasteiger partial charge in [0.05, 0.1) is 30.0 Å². The van der Waals surface area contributed by atoms with Gasteiger partial charge in [0.15, 0.2) is 5.78 Å². The number of para-hydroxylation sites is 2. The van der Waals surface area contributed by atoms with Crippen LogP contribution in [0.5, 0.6) is 0 Å². The Hall–Kier alpha value is -5.03. The molecule has 3 aromatic rings. The predicted molar refractivity (Wildman–Crippen MR) is 162 cm³/mol. The number of carboxylic acids is 1. The average molecular weight is 584 g/mol. The number of aryl methyl sites for hydroxylation is 1. The van der Waals surface area contributed by atoms with Crippen LogP contribution in [0.3, 0.4) is 0 Å². The van der Waals surface area contributed by atoms with Gasteiger partial charge in [0.25, 0.3) is 5.91 Å². The van der Waals surface area contributed by atoms with Gasteiger partial charge in [-0.2, -0.15) is 0 Å². The van der Waals surface area contributed by atoms with Crippen molar-refractivity contribution in [3.63, 3.8) is 0 Å². The second-order valence-corrected chi connectivity index (χ2v) is 10.7. The molecule has 11 nitrogen and oxygen atoms in total. The molecule has 2 heterocycles. The van der Waals surface area contributed by atoms with Crippen LogP contribution in [0.2, 0.25) is 0 Å². The Balaban J connectivity index is 1.48. The Bertz CT molecular complexity index is 1570. The molecule has 0 aromatic heterocycles. The van der Waals surface area contributed by atoms with Gasteiger partial charge >= 0.3 is 12.0 Å². The molecule has 0 spiro atoms. The van der Waals surface area contributed by atoms with E-state index >= 15 is 0 Å². The highest BCUT2D eigenvalue weighted by molar-refractivity contribution is 6.13. The zero-order valence-corrected chi connectivity index (χ0v) is 23.7. The Morgan fingerprint density at radius 2 is 1.63 bits per heavy atom. The van der Waals surface area contributed by atoms with Crippen molar-refractivity contribution in [2.45, 2.75) is 25.8 Å². The number of benzene rings is 3. The Labute approximate surface area is 248 Å². The summed E-state index contributed by atoms with van der Waals surface area (Å²) in [5, 5.41) is 17.8. The van der Waals surface area contributed by atoms with Gasteiger partial charge in [-0.05, 0) is 68.8 Å². The smallest absolute Gasteiger partial charge is 0.335 e. The molecule has 0 radical (unpaired) electrons. The second-order valence-electron chi connectivity index (χ2n) is 10.7. The lowest BCUT2D eigenvalue weighted by atomic mass is 9.96. The summed E-state index contributed by atoms with van der Waals surface area (Å²) < 4.78 is 0. The molecule has 1 saturated heterocycles. The number of nitrogens with one attached hydrogen (secondary N) is 3. The van der Waals surface area contributed by atoms with Crippen molar-refractivity contribution < 1.29 is 29.1 Å². The third-order valence-electron chi connectivity index (χ3n) is 7.77. The standard InChI is InChI=1S/C32H33N5O6/c1-20-7-2-3-10-24(20)28(38)19-37-27-12-5-4-11-26(27)36(29(39)21-13-15-33-16-14-21)18-25(30(37)40)35-32(43)34-23-9-6-8-22(17-23)31(41)42/h2-12,17,21,25,33H,13-16,18-19H2,1H3,(H,41,42)(H2,34,35,43). The summed E-state index contributed by atoms with van der Waals surface area (Å²) in [6.07, 6.45) is 1.28. The van der Waals surface area contributed by atoms with Crippen LogP contribution in [0.25, 0.3) is 0 Å². The van der Waals surface area contributed by atoms with E-state index in [0.717, 1.165) is 5.56 Å². The number of aromatic carboxylic acids is 1. The highest BCUT2D eigenvalue weighted by Crippen LogP contribution is 2.35. The molecule has 5 rings (SSSR count). The molecule has 1 atom stereocenters. The molecule has 1 fully saturated rings. The minimum absolute atomic E-state index is 0.0153. The van der Waals surface area contributed by atoms with Crippen LogP contribution in [-0.4, -0.2) is 66.9 Å². The van der Waals surface area contributed by atoms with E-state index in [-0.39, 0.29) is 41.9 Å². The third-order valence-corrected chi connectivity index (χ3v) is 7.77. The fraction of sp³-hybridized carbons (Fsp3) is 0.281. The largest absolute Gasteiger partial charge is 0.478 e. The van der Waals surface area contributed by atoms with Crippen LogP contribution in [0.15, 0.2) is 72.8 Å². The van der Waals surface area contributed by atoms with Gasteiger partial charge in [-0.3, -0.25) is 14.4 Å². The van der Waals surface area contributed by atoms with Crippen molar-refractivity contribution in [3.05, 3.63) is 89.5 Å². The lowest BCUT2D eigenvalue weighted by molar-refractivity contribution is -0.123. The molecule has 0 saturated carbocycles. The minimum atomic E-state index is -1.20. The maximum Gasteiger partial charge on any atom is 0.335 e. The van der Waals surface area contributed by atoms with Crippen LogP contribution >= 0.6 is 0 Å². The maximum atomic E-state index is 14.1. The van der Waals surface area contributed by atoms with E-state index in [1.54, 1.807) is 36.4 Å². The molecule has 1 unspecified atom stereocenters. The summed E-state index contributed by atoms with van der Waals surface area (Å²) in [6.45, 7) is 2.77. The van der Waals surface area contributed by atoms with Crippen LogP contribution in [0, 0.1) is 12.8 Å². The van der Waals surface area contributed by atoms with Gasteiger partial charge in [-0.25, -0.2) is 9.59 Å². The van der Waals surface area contributed by atoms with Crippen molar-refractivity contribution in [1.29, 1.82) is 0 Å². The SMILES string of the molecule is Cc1ccccc1C(=O)CN1C(=O)C(NC(=O)Nc2cccc(C(=O)O)c2)CN(C(=O)C2CCNCC2)c2ccccc21. The quantitative estimate of drug-likeness (QED) is 0.312. The molecule has 2 aliphatic rings. The van der Waals surface area contributed by atoms with E-state index in [2.05, 4.69) is 16.0 Å². The summed E-state index contributed by atoms with van der Waals surface area (Å²) in [4.78, 5) is 68.9. The zero-order valence-electron chi connectivity index (χ0n) is 23.7. The van der Waals surface area contributed by atoms with Crippen molar-refractivity contribution in [1.82, 2.24) is 10.6 Å². The molecule has 222 valence electrons. The van der Waals surface area contributed by atoms with E-state index in [4.69, 9.17) is 0 Å². The molecular formula is C32H33N5O6. The summed E-state index contributed by atoms with van der Waals surface area (Å²) in [5.74, 6) is -2.41. The molecule has 4 amide bonds. The van der Waals surface area contributed by atoms with Gasteiger partial charge in [0, 0.05) is 17.2 Å². The molecule has 11 heteroatoms. The fourth-order valence-electron chi connectivity index (χ4n) is 5.52. The maximum absolute atomic E-state index is 14.1. The van der Waals surface area contributed by atoms with Crippen molar-refractivity contribution in [2.75, 3.05) is 41.3 Å². The summed E-state index contributed by atoms with van der Waals surface area (Å²) >= 11 is 0. The van der Waals surface area contributed by atoms with Gasteiger partial charge in [-0.15, -0.1) is 0 Å². The number of fused-ring (bicyclic) bond motifs is 1. The topological polar surface area (TPSA) is 148 Å². The number of hydrogen-bond acceptors (Lipinski definition) is 6. The summed E-state index contributed by atoms with van der Waals surface area (Å²) in [7, 11) is 0. The molecule has 0 bridgehead atoms. The molecule has 43 heavy (non-hydrogen) atoms. The van der Waals surface area contributed by atoms with Crippen molar-refractivity contribution in [2.24, 2.45) is 5.92 Å². The van der Waals surface area contributed by atoms with E-state index in [9.17, 15) is 29.1 Å². The fourth-order valence-corrected chi connectivity index (χ4v) is 5.52. The number of piperidine rings is 1. The number of Topliss-reactive ketones (excluding diaryl/α,β-unsaturated/α-hetero) is 1. The molecule has 3 aromatic carbocycles. The van der Waals surface area contributed by atoms with Gasteiger partial charge in [-0.1, -0.05) is 42.5 Å². The van der Waals surface area contributed by atoms with Crippen LogP contribution in [-0.2, 0) is 9.59 Å². The lowest BCUT2D eigenvalue weighted by Crippen LogP contribution is -2.55. The number of urea groups is 1. The third kappa shape index (κ3) is 6.57. The van der Waals surface area contributed by atoms with Gasteiger partial charge in [0.1, 0.15) is 6.04 Å². The number of anilines is 3. The number of amides is 4. The van der Waals surface area contributed by atoms with Gasteiger partial charge in [0.2, 0.25) is 5.91 Å². The van der Waals surface area contributed by atoms with E-state index in [1.807, 2.05) is 19.1 Å². The molecule has 2 aliphatic heterocycles.